The standard InChI is InChI=1S/C18H19BrFN5O3S/c1-2-12(20)11-29(27,28)23-8-7-21-17-9-15(13-5-3-4-6-16(13)26)24-18-14(19)10-22-25(17)18/h2-6,9-10,21,23,26H,7-8,11H2,1H3/b12-2+. The number of sulfonamides is 1. The van der Waals surface area contributed by atoms with Crippen molar-refractivity contribution in [2.45, 2.75) is 6.92 Å². The lowest BCUT2D eigenvalue weighted by molar-refractivity contribution is 0.477. The van der Waals surface area contributed by atoms with Crippen LogP contribution in [-0.4, -0.2) is 47.0 Å². The number of anilines is 1. The Morgan fingerprint density at radius 3 is 2.83 bits per heavy atom. The highest BCUT2D eigenvalue weighted by Crippen LogP contribution is 2.30. The Hall–Kier alpha value is -2.50. The highest BCUT2D eigenvalue weighted by atomic mass is 79.9. The molecule has 0 saturated heterocycles. The average Bonchev–Trinajstić information content (AvgIpc) is 3.06. The minimum Gasteiger partial charge on any atom is -0.507 e. The molecule has 0 aliphatic carbocycles. The Labute approximate surface area is 175 Å². The summed E-state index contributed by atoms with van der Waals surface area (Å²) in [4.78, 5) is 4.53. The van der Waals surface area contributed by atoms with Crippen LogP contribution in [0.3, 0.4) is 0 Å². The Morgan fingerprint density at radius 1 is 1.34 bits per heavy atom. The van der Waals surface area contributed by atoms with Crippen LogP contribution < -0.4 is 10.0 Å². The number of halogens is 2. The van der Waals surface area contributed by atoms with Crippen molar-refractivity contribution in [1.29, 1.82) is 0 Å². The van der Waals surface area contributed by atoms with Gasteiger partial charge >= 0.3 is 0 Å². The minimum absolute atomic E-state index is 0.0531. The van der Waals surface area contributed by atoms with Crippen LogP contribution in [0.25, 0.3) is 16.9 Å². The van der Waals surface area contributed by atoms with Gasteiger partial charge in [-0.25, -0.2) is 22.5 Å². The average molecular weight is 484 g/mol. The van der Waals surface area contributed by atoms with E-state index in [1.54, 1.807) is 41.0 Å². The number of hydrogen-bond donors (Lipinski definition) is 3. The molecule has 0 radical (unpaired) electrons. The molecule has 0 atom stereocenters. The molecule has 8 nitrogen and oxygen atoms in total. The Morgan fingerprint density at radius 2 is 2.10 bits per heavy atom. The van der Waals surface area contributed by atoms with Crippen LogP contribution in [0, 0.1) is 0 Å². The van der Waals surface area contributed by atoms with E-state index in [1.807, 2.05) is 0 Å². The van der Waals surface area contributed by atoms with Crippen molar-refractivity contribution < 1.29 is 17.9 Å². The van der Waals surface area contributed by atoms with Crippen LogP contribution in [0.4, 0.5) is 10.2 Å². The second-order valence-electron chi connectivity index (χ2n) is 6.09. The molecular formula is C18H19BrFN5O3S. The Balaban J connectivity index is 1.80. The minimum atomic E-state index is -3.75. The molecule has 0 unspecified atom stereocenters. The summed E-state index contributed by atoms with van der Waals surface area (Å²) in [5, 5.41) is 17.5. The largest absolute Gasteiger partial charge is 0.507 e. The molecule has 0 aliphatic heterocycles. The van der Waals surface area contributed by atoms with E-state index in [1.165, 1.54) is 6.92 Å². The molecule has 11 heteroatoms. The summed E-state index contributed by atoms with van der Waals surface area (Å²) < 4.78 is 41.4. The summed E-state index contributed by atoms with van der Waals surface area (Å²) in [5.74, 6) is -0.760. The number of allylic oxidation sites excluding steroid dienone is 1. The summed E-state index contributed by atoms with van der Waals surface area (Å²) in [6.07, 6.45) is 2.70. The Kier molecular flexibility index (Phi) is 6.50. The molecule has 0 saturated carbocycles. The van der Waals surface area contributed by atoms with E-state index in [0.717, 1.165) is 6.08 Å². The predicted octanol–water partition coefficient (Wildman–Crippen LogP) is 3.07. The van der Waals surface area contributed by atoms with Crippen molar-refractivity contribution in [2.75, 3.05) is 24.2 Å². The highest BCUT2D eigenvalue weighted by Gasteiger charge is 2.15. The van der Waals surface area contributed by atoms with Crippen molar-refractivity contribution in [3.63, 3.8) is 0 Å². The fourth-order valence-corrected chi connectivity index (χ4v) is 4.00. The SMILES string of the molecule is C/C=C(/F)CS(=O)(=O)NCCNc1cc(-c2ccccc2O)nc2c(Br)cnn12. The molecule has 3 rings (SSSR count). The maximum Gasteiger partial charge on any atom is 0.218 e. The van der Waals surface area contributed by atoms with E-state index in [-0.39, 0.29) is 18.8 Å². The van der Waals surface area contributed by atoms with Gasteiger partial charge < -0.3 is 10.4 Å². The topological polar surface area (TPSA) is 109 Å². The molecule has 3 N–H and O–H groups in total. The van der Waals surface area contributed by atoms with Crippen LogP contribution in [-0.2, 0) is 10.0 Å². The van der Waals surface area contributed by atoms with Gasteiger partial charge in [0.2, 0.25) is 10.0 Å². The van der Waals surface area contributed by atoms with Crippen molar-refractivity contribution in [3.8, 4) is 17.0 Å². The van der Waals surface area contributed by atoms with Gasteiger partial charge in [0.1, 0.15) is 23.1 Å². The van der Waals surface area contributed by atoms with Gasteiger partial charge in [0.05, 0.1) is 16.4 Å². The lowest BCUT2D eigenvalue weighted by Crippen LogP contribution is -2.31. The molecule has 0 bridgehead atoms. The zero-order valence-electron chi connectivity index (χ0n) is 15.4. The van der Waals surface area contributed by atoms with Crippen LogP contribution in [0.15, 0.2) is 52.9 Å². The number of hydrogen-bond acceptors (Lipinski definition) is 6. The number of phenols is 1. The fourth-order valence-electron chi connectivity index (χ4n) is 2.60. The van der Waals surface area contributed by atoms with Gasteiger partial charge in [-0.3, -0.25) is 0 Å². The molecule has 29 heavy (non-hydrogen) atoms. The van der Waals surface area contributed by atoms with Crippen LogP contribution in [0.2, 0.25) is 0 Å². The third-order valence-electron chi connectivity index (χ3n) is 4.00. The zero-order valence-corrected chi connectivity index (χ0v) is 17.8. The van der Waals surface area contributed by atoms with Gasteiger partial charge in [-0.1, -0.05) is 18.2 Å². The van der Waals surface area contributed by atoms with E-state index >= 15 is 0 Å². The number of para-hydroxylation sites is 1. The van der Waals surface area contributed by atoms with Gasteiger partial charge in [-0.15, -0.1) is 0 Å². The van der Waals surface area contributed by atoms with E-state index in [9.17, 15) is 17.9 Å². The van der Waals surface area contributed by atoms with Gasteiger partial charge in [-0.05, 0) is 35.0 Å². The molecule has 0 fully saturated rings. The monoisotopic (exact) mass is 483 g/mol. The normalized spacial score (nSPS) is 12.4. The van der Waals surface area contributed by atoms with Crippen LogP contribution >= 0.6 is 15.9 Å². The zero-order chi connectivity index (χ0) is 21.0. The summed E-state index contributed by atoms with van der Waals surface area (Å²) >= 11 is 3.40. The van der Waals surface area contributed by atoms with E-state index in [4.69, 9.17) is 0 Å². The molecule has 0 spiro atoms. The first-order valence-electron chi connectivity index (χ1n) is 8.65. The molecule has 1 aromatic carbocycles. The van der Waals surface area contributed by atoms with E-state index in [0.29, 0.717) is 27.2 Å². The number of aromatic nitrogens is 3. The second kappa shape index (κ2) is 8.89. The summed E-state index contributed by atoms with van der Waals surface area (Å²) in [5.41, 5.74) is 1.60. The molecule has 2 heterocycles. The van der Waals surface area contributed by atoms with E-state index < -0.39 is 21.6 Å². The number of benzene rings is 1. The molecule has 0 aliphatic rings. The molecule has 3 aromatic rings. The van der Waals surface area contributed by atoms with Crippen molar-refractivity contribution >= 4 is 37.4 Å². The number of nitrogens with zero attached hydrogens (tertiary/aromatic N) is 3. The lowest BCUT2D eigenvalue weighted by atomic mass is 10.1. The van der Waals surface area contributed by atoms with Gasteiger partial charge in [0, 0.05) is 24.7 Å². The number of rotatable bonds is 8. The maximum absolute atomic E-state index is 13.2. The Bertz CT molecular complexity index is 1160. The third-order valence-corrected chi connectivity index (χ3v) is 5.86. The van der Waals surface area contributed by atoms with Crippen molar-refractivity contribution in [2.24, 2.45) is 0 Å². The van der Waals surface area contributed by atoms with Gasteiger partial charge in [0.25, 0.3) is 0 Å². The number of fused-ring (bicyclic) bond motifs is 1. The highest BCUT2D eigenvalue weighted by molar-refractivity contribution is 9.10. The predicted molar refractivity (Wildman–Crippen MR) is 113 cm³/mol. The van der Waals surface area contributed by atoms with Crippen LogP contribution in [0.5, 0.6) is 5.75 Å². The number of phenolic OH excluding ortho intramolecular Hbond substituents is 1. The van der Waals surface area contributed by atoms with Crippen molar-refractivity contribution in [3.05, 3.63) is 52.9 Å². The molecule has 0 amide bonds. The molecule has 2 aromatic heterocycles. The second-order valence-corrected chi connectivity index (χ2v) is 8.75. The first-order chi connectivity index (χ1) is 13.8. The fraction of sp³-hybridized carbons (Fsp3) is 0.222. The summed E-state index contributed by atoms with van der Waals surface area (Å²) in [6.45, 7) is 1.72. The number of nitrogens with one attached hydrogen (secondary N) is 2. The van der Waals surface area contributed by atoms with Crippen molar-refractivity contribution in [1.82, 2.24) is 19.3 Å². The molecular weight excluding hydrogens is 465 g/mol. The first kappa shape index (κ1) is 21.2. The maximum atomic E-state index is 13.2. The number of aromatic hydroxyl groups is 1. The van der Waals surface area contributed by atoms with Gasteiger partial charge in [-0.2, -0.15) is 9.61 Å². The summed E-state index contributed by atoms with van der Waals surface area (Å²) in [6, 6.07) is 8.52. The molecule has 154 valence electrons. The third kappa shape index (κ3) is 5.11. The lowest BCUT2D eigenvalue weighted by Gasteiger charge is -2.12. The smallest absolute Gasteiger partial charge is 0.218 e. The summed E-state index contributed by atoms with van der Waals surface area (Å²) in [7, 11) is -3.75. The van der Waals surface area contributed by atoms with Gasteiger partial charge in [0.15, 0.2) is 5.65 Å². The van der Waals surface area contributed by atoms with E-state index in [2.05, 4.69) is 36.1 Å². The van der Waals surface area contributed by atoms with Crippen LogP contribution in [0.1, 0.15) is 6.92 Å². The first-order valence-corrected chi connectivity index (χ1v) is 11.1. The quantitative estimate of drug-likeness (QED) is 0.424.